The highest BCUT2D eigenvalue weighted by atomic mass is 16.3. The zero-order valence-electron chi connectivity index (χ0n) is 20.2. The Bertz CT molecular complexity index is 1230. The van der Waals surface area contributed by atoms with E-state index < -0.39 is 58.0 Å². The predicted molar refractivity (Wildman–Crippen MR) is 128 cm³/mol. The van der Waals surface area contributed by atoms with E-state index in [1.54, 1.807) is 27.2 Å². The summed E-state index contributed by atoms with van der Waals surface area (Å²) in [7, 11) is 8.35. The third-order valence-electron chi connectivity index (χ3n) is 7.45. The number of benzene rings is 1. The lowest BCUT2D eigenvalue weighted by Crippen LogP contribution is -2.65. The third-order valence-corrected chi connectivity index (χ3v) is 7.45. The molecule has 3 aliphatic rings. The van der Waals surface area contributed by atoms with E-state index in [1.165, 1.54) is 4.90 Å². The monoisotopic (exact) mass is 486 g/mol. The molecule has 0 spiro atoms. The smallest absolute Gasteiger partial charge is 0.255 e. The van der Waals surface area contributed by atoms with E-state index in [4.69, 9.17) is 5.73 Å². The molecule has 188 valence electrons. The first-order chi connectivity index (χ1) is 16.3. The van der Waals surface area contributed by atoms with E-state index in [0.29, 0.717) is 16.9 Å². The van der Waals surface area contributed by atoms with Gasteiger partial charge in [-0.2, -0.15) is 0 Å². The Kier molecular flexibility index (Phi) is 5.61. The average Bonchev–Trinajstić information content (AvgIpc) is 2.75. The van der Waals surface area contributed by atoms with Crippen molar-refractivity contribution in [1.29, 1.82) is 0 Å². The summed E-state index contributed by atoms with van der Waals surface area (Å²) in [5, 5.41) is 47.5. The number of aliphatic hydroxyl groups is 3. The number of carbonyl (C=O) groups is 3. The maximum Gasteiger partial charge on any atom is 0.255 e. The van der Waals surface area contributed by atoms with Crippen molar-refractivity contribution in [1.82, 2.24) is 4.90 Å². The molecular formula is C24H30N4O7. The van der Waals surface area contributed by atoms with Crippen LogP contribution in [0.5, 0.6) is 5.75 Å². The molecule has 1 saturated carbocycles. The number of nitrogens with zero attached hydrogens (tertiary/aromatic N) is 2. The first-order valence-corrected chi connectivity index (χ1v) is 11.2. The number of anilines is 2. The summed E-state index contributed by atoms with van der Waals surface area (Å²) in [5.41, 5.74) is 3.38. The molecule has 7 N–H and O–H groups in total. The summed E-state index contributed by atoms with van der Waals surface area (Å²) < 4.78 is 0. The summed E-state index contributed by atoms with van der Waals surface area (Å²) in [6, 6.07) is 0.620. The van der Waals surface area contributed by atoms with E-state index in [9.17, 15) is 34.8 Å². The fraction of sp³-hybridized carbons (Fsp3) is 0.458. The highest BCUT2D eigenvalue weighted by Crippen LogP contribution is 2.54. The van der Waals surface area contributed by atoms with Crippen molar-refractivity contribution in [3.8, 4) is 5.75 Å². The largest absolute Gasteiger partial charge is 0.508 e. The molecule has 1 amide bonds. The fourth-order valence-corrected chi connectivity index (χ4v) is 5.88. The van der Waals surface area contributed by atoms with Crippen LogP contribution in [-0.4, -0.2) is 89.7 Å². The van der Waals surface area contributed by atoms with Crippen molar-refractivity contribution < 1.29 is 34.8 Å². The lowest BCUT2D eigenvalue weighted by molar-refractivity contribution is -0.153. The number of phenols is 1. The van der Waals surface area contributed by atoms with Crippen LogP contribution in [0.2, 0.25) is 0 Å². The maximum absolute atomic E-state index is 13.8. The molecule has 0 radical (unpaired) electrons. The molecule has 11 heteroatoms. The Hall–Kier alpha value is -3.57. The number of ketones is 2. The summed E-state index contributed by atoms with van der Waals surface area (Å²) in [6.07, 6.45) is 0.285. The number of hydrogen-bond acceptors (Lipinski definition) is 10. The topological polar surface area (TPSA) is 177 Å². The van der Waals surface area contributed by atoms with Crippen LogP contribution in [-0.2, 0) is 20.8 Å². The van der Waals surface area contributed by atoms with E-state index in [1.807, 2.05) is 19.0 Å². The highest BCUT2D eigenvalue weighted by molar-refractivity contribution is 6.24. The van der Waals surface area contributed by atoms with Crippen molar-refractivity contribution in [3.05, 3.63) is 34.1 Å². The number of fused-ring (bicyclic) bond motifs is 3. The first kappa shape index (κ1) is 24.6. The van der Waals surface area contributed by atoms with E-state index in [2.05, 4.69) is 5.32 Å². The number of phenolic OH excluding ortho intramolecular Hbond substituents is 1. The molecule has 1 aromatic rings. The van der Waals surface area contributed by atoms with Gasteiger partial charge in [-0.1, -0.05) is 0 Å². The second kappa shape index (κ2) is 7.99. The molecule has 1 fully saturated rings. The normalized spacial score (nSPS) is 28.0. The molecule has 4 rings (SSSR count). The van der Waals surface area contributed by atoms with Gasteiger partial charge in [0.25, 0.3) is 5.91 Å². The van der Waals surface area contributed by atoms with Gasteiger partial charge in [0.15, 0.2) is 11.4 Å². The molecule has 0 bridgehead atoms. The van der Waals surface area contributed by atoms with Crippen LogP contribution in [0.4, 0.5) is 11.4 Å². The van der Waals surface area contributed by atoms with Crippen LogP contribution in [0.15, 0.2) is 23.0 Å². The number of hydrogen-bond donors (Lipinski definition) is 6. The van der Waals surface area contributed by atoms with Gasteiger partial charge in [0.05, 0.1) is 17.3 Å². The molecule has 4 unspecified atom stereocenters. The fourth-order valence-electron chi connectivity index (χ4n) is 5.88. The van der Waals surface area contributed by atoms with Crippen LogP contribution in [0.1, 0.15) is 17.5 Å². The quantitative estimate of drug-likeness (QED) is 0.252. The zero-order valence-corrected chi connectivity index (χ0v) is 20.2. The number of Topliss-reactive ketones (excluding diaryl/α,β-unsaturated/α-hetero) is 2. The van der Waals surface area contributed by atoms with Gasteiger partial charge in [0.1, 0.15) is 22.8 Å². The number of amides is 1. The Balaban J connectivity index is 2.01. The molecule has 0 aromatic heterocycles. The second-order valence-electron chi connectivity index (χ2n) is 9.75. The number of carbonyl (C=O) groups excluding carboxylic acids is 3. The van der Waals surface area contributed by atoms with Crippen LogP contribution in [0, 0.1) is 11.8 Å². The van der Waals surface area contributed by atoms with Crippen LogP contribution in [0.25, 0.3) is 5.76 Å². The summed E-state index contributed by atoms with van der Waals surface area (Å²) in [6.45, 7) is 0. The number of rotatable bonds is 4. The SMILES string of the molecule is CNc1cc(N(C)C)c2c(c1O)C(O)=C1C(=O)C3(O)C(O)=C(C(N)=O)C(=O)C(N(C)C)C3CC1C2. The van der Waals surface area contributed by atoms with Crippen molar-refractivity contribution in [2.24, 2.45) is 17.6 Å². The molecule has 1 aromatic carbocycles. The van der Waals surface area contributed by atoms with Gasteiger partial charge >= 0.3 is 0 Å². The number of aliphatic hydroxyl groups excluding tert-OH is 2. The lowest BCUT2D eigenvalue weighted by Gasteiger charge is -2.50. The minimum Gasteiger partial charge on any atom is -0.508 e. The number of primary amides is 1. The molecular weight excluding hydrogens is 456 g/mol. The van der Waals surface area contributed by atoms with E-state index >= 15 is 0 Å². The Morgan fingerprint density at radius 2 is 1.80 bits per heavy atom. The van der Waals surface area contributed by atoms with Gasteiger partial charge < -0.3 is 36.4 Å². The molecule has 3 aliphatic carbocycles. The van der Waals surface area contributed by atoms with E-state index in [-0.39, 0.29) is 29.7 Å². The van der Waals surface area contributed by atoms with Crippen LogP contribution >= 0.6 is 0 Å². The van der Waals surface area contributed by atoms with Crippen molar-refractivity contribution in [2.75, 3.05) is 45.5 Å². The maximum atomic E-state index is 13.8. The number of nitrogens with two attached hydrogens (primary N) is 1. The first-order valence-electron chi connectivity index (χ1n) is 11.2. The molecule has 35 heavy (non-hydrogen) atoms. The molecule has 4 atom stereocenters. The Morgan fingerprint density at radius 1 is 1.17 bits per heavy atom. The van der Waals surface area contributed by atoms with Crippen molar-refractivity contribution in [3.63, 3.8) is 0 Å². The summed E-state index contributed by atoms with van der Waals surface area (Å²) >= 11 is 0. The number of likely N-dealkylation sites (N-methyl/N-ethyl adjacent to an activating group) is 1. The number of nitrogens with one attached hydrogen (secondary N) is 1. The van der Waals surface area contributed by atoms with Gasteiger partial charge in [0, 0.05) is 38.3 Å². The van der Waals surface area contributed by atoms with Gasteiger partial charge in [-0.15, -0.1) is 0 Å². The van der Waals surface area contributed by atoms with Crippen molar-refractivity contribution >= 4 is 34.6 Å². The summed E-state index contributed by atoms with van der Waals surface area (Å²) in [4.78, 5) is 42.3. The molecule has 0 saturated heterocycles. The summed E-state index contributed by atoms with van der Waals surface area (Å²) in [5.74, 6) is -6.67. The third kappa shape index (κ3) is 3.15. The second-order valence-corrected chi connectivity index (χ2v) is 9.75. The predicted octanol–water partition coefficient (Wildman–Crippen LogP) is 0.0717. The van der Waals surface area contributed by atoms with Gasteiger partial charge in [-0.3, -0.25) is 19.3 Å². The Morgan fingerprint density at radius 3 is 2.31 bits per heavy atom. The van der Waals surface area contributed by atoms with Crippen LogP contribution in [0.3, 0.4) is 0 Å². The van der Waals surface area contributed by atoms with Gasteiger partial charge in [-0.05, 0) is 44.5 Å². The van der Waals surface area contributed by atoms with Gasteiger partial charge in [0.2, 0.25) is 5.78 Å². The average molecular weight is 487 g/mol. The van der Waals surface area contributed by atoms with Gasteiger partial charge in [-0.25, -0.2) is 0 Å². The molecule has 0 aliphatic heterocycles. The Labute approximate surface area is 202 Å². The zero-order chi connectivity index (χ0) is 26.1. The number of aromatic hydroxyl groups is 1. The van der Waals surface area contributed by atoms with Crippen LogP contribution < -0.4 is 16.0 Å². The standard InChI is InChI=1S/C24H30N4O7/c1-26-12-8-13(27(2)3)10-6-9-7-11-17(28(4)5)20(31)16(23(25)34)22(33)24(11,35)21(32)14(9)19(30)15(10)18(12)29/h8-9,11,17,26,29-30,33,35H,6-7H2,1-5H3,(H2,25,34). The molecule has 0 heterocycles. The molecule has 11 nitrogen and oxygen atoms in total. The highest BCUT2D eigenvalue weighted by Gasteiger charge is 2.64. The van der Waals surface area contributed by atoms with E-state index in [0.717, 1.165) is 0 Å². The lowest BCUT2D eigenvalue weighted by atomic mass is 9.57. The minimum absolute atomic E-state index is 0.0488. The van der Waals surface area contributed by atoms with Crippen molar-refractivity contribution in [2.45, 2.75) is 24.5 Å². The minimum atomic E-state index is -2.65.